The second-order valence-electron chi connectivity index (χ2n) is 2.42. The summed E-state index contributed by atoms with van der Waals surface area (Å²) in [4.78, 5) is 0. The van der Waals surface area contributed by atoms with E-state index in [9.17, 15) is 0 Å². The van der Waals surface area contributed by atoms with E-state index in [0.29, 0.717) is 0 Å². The van der Waals surface area contributed by atoms with Crippen molar-refractivity contribution in [3.63, 3.8) is 0 Å². The van der Waals surface area contributed by atoms with E-state index in [0.717, 1.165) is 23.4 Å². The van der Waals surface area contributed by atoms with Crippen LogP contribution in [-0.2, 0) is 26.4 Å². The van der Waals surface area contributed by atoms with Crippen LogP contribution in [0.25, 0.3) is 0 Å². The van der Waals surface area contributed by atoms with E-state index >= 15 is 0 Å². The van der Waals surface area contributed by atoms with Gasteiger partial charge < -0.3 is 10.5 Å². The van der Waals surface area contributed by atoms with Crippen molar-refractivity contribution in [2.75, 3.05) is 12.8 Å². The van der Waals surface area contributed by atoms with Crippen LogP contribution >= 0.6 is 0 Å². The Hall–Kier alpha value is -0.848. The van der Waals surface area contributed by atoms with Crippen molar-refractivity contribution in [3.8, 4) is 5.75 Å². The summed E-state index contributed by atoms with van der Waals surface area (Å²) in [7, 11) is 1.67. The van der Waals surface area contributed by atoms with Crippen molar-refractivity contribution >= 4 is 5.69 Å². The molecule has 0 aliphatic heterocycles. The number of methoxy groups -OCH3 is 1. The maximum atomic E-state index is 8.12. The van der Waals surface area contributed by atoms with Gasteiger partial charge in [-0.3, -0.25) is 0 Å². The van der Waals surface area contributed by atoms with Crippen LogP contribution < -0.4 is 10.5 Å². The number of ether oxygens (including phenoxy) is 1. The van der Waals surface area contributed by atoms with Gasteiger partial charge in [0.2, 0.25) is 0 Å². The van der Waals surface area contributed by atoms with Crippen LogP contribution in [0.3, 0.4) is 0 Å². The van der Waals surface area contributed by atoms with Crippen LogP contribution in [0, 0.1) is 0 Å². The molecule has 13 heavy (non-hydrogen) atoms. The summed E-state index contributed by atoms with van der Waals surface area (Å²) < 4.78 is 13.3. The summed E-state index contributed by atoms with van der Waals surface area (Å²) in [5, 5.41) is 0. The zero-order valence-corrected chi connectivity index (χ0v) is 9.02. The third-order valence-electron chi connectivity index (χ3n) is 1.69. The number of rotatable bonds is 2. The Morgan fingerprint density at radius 3 is 2.54 bits per heavy atom. The van der Waals surface area contributed by atoms with Crippen molar-refractivity contribution in [2.24, 2.45) is 0 Å². The third kappa shape index (κ3) is 3.58. The first-order valence-electron chi connectivity index (χ1n) is 3.87. The molecule has 1 aromatic rings. The number of nitrogens with two attached hydrogens (primary N) is 1. The van der Waals surface area contributed by atoms with Crippen LogP contribution in [-0.4, -0.2) is 7.11 Å². The molecule has 1 aromatic carbocycles. The number of hydrogen-bond donors (Lipinski definition) is 1. The molecule has 2 N–H and O–H groups in total. The fourth-order valence-corrected chi connectivity index (χ4v) is 1.07. The van der Waals surface area contributed by atoms with Gasteiger partial charge in [-0.25, -0.2) is 0 Å². The van der Waals surface area contributed by atoms with E-state index in [1.165, 1.54) is 16.2 Å². The molecule has 0 heterocycles. The topological polar surface area (TPSA) is 52.3 Å². The zero-order valence-electron chi connectivity index (χ0n) is 7.74. The molecule has 4 heteroatoms. The molecule has 0 radical (unpaired) electrons. The van der Waals surface area contributed by atoms with Gasteiger partial charge in [0.05, 0.1) is 7.11 Å². The molecule has 0 aliphatic rings. The molecular formula is C9H13CrNO2. The molecule has 3 nitrogen and oxygen atoms in total. The van der Waals surface area contributed by atoms with Crippen LogP contribution in [0.5, 0.6) is 5.75 Å². The van der Waals surface area contributed by atoms with Gasteiger partial charge in [-0.05, 0) is 30.2 Å². The predicted octanol–water partition coefficient (Wildman–Crippen LogP) is 1.72. The Kier molecular flexibility index (Phi) is 6.21. The number of benzene rings is 1. The Balaban J connectivity index is 0.000000671. The van der Waals surface area contributed by atoms with Crippen molar-refractivity contribution in [3.05, 3.63) is 23.8 Å². The van der Waals surface area contributed by atoms with Gasteiger partial charge in [-0.1, -0.05) is 6.92 Å². The van der Waals surface area contributed by atoms with E-state index in [2.05, 4.69) is 6.92 Å². The predicted molar refractivity (Wildman–Crippen MR) is 47.5 cm³/mol. The molecule has 0 atom stereocenters. The van der Waals surface area contributed by atoms with Gasteiger partial charge in [-0.2, -0.15) is 0 Å². The summed E-state index contributed by atoms with van der Waals surface area (Å²) in [6.45, 7) is 2.08. The number of anilines is 1. The van der Waals surface area contributed by atoms with Crippen molar-refractivity contribution in [1.82, 2.24) is 0 Å². The minimum absolute atomic E-state index is 0.794. The zero-order chi connectivity index (χ0) is 10.3. The van der Waals surface area contributed by atoms with E-state index in [-0.39, 0.29) is 0 Å². The van der Waals surface area contributed by atoms with Crippen molar-refractivity contribution in [1.29, 1.82) is 0 Å². The van der Waals surface area contributed by atoms with E-state index in [4.69, 9.17) is 14.3 Å². The first-order chi connectivity index (χ1) is 6.27. The average Bonchev–Trinajstić information content (AvgIpc) is 2.20. The Labute approximate surface area is 86.5 Å². The Morgan fingerprint density at radius 2 is 2.08 bits per heavy atom. The van der Waals surface area contributed by atoms with E-state index < -0.39 is 0 Å². The van der Waals surface area contributed by atoms with Gasteiger partial charge in [0.1, 0.15) is 5.75 Å². The summed E-state index contributed by atoms with van der Waals surface area (Å²) >= 11 is 1.38. The Morgan fingerprint density at radius 1 is 1.46 bits per heavy atom. The molecule has 0 saturated carbocycles. The molecule has 0 fully saturated rings. The molecule has 0 bridgehead atoms. The van der Waals surface area contributed by atoms with Crippen LogP contribution in [0.2, 0.25) is 0 Å². The summed E-state index contributed by atoms with van der Waals surface area (Å²) in [6.07, 6.45) is 0.953. The van der Waals surface area contributed by atoms with Crippen molar-refractivity contribution < 1.29 is 24.8 Å². The van der Waals surface area contributed by atoms with E-state index in [1.807, 2.05) is 18.2 Å². The van der Waals surface area contributed by atoms with Gasteiger partial charge >= 0.3 is 20.0 Å². The number of hydrogen-bond acceptors (Lipinski definition) is 3. The first-order valence-corrected chi connectivity index (χ1v) is 4.39. The third-order valence-corrected chi connectivity index (χ3v) is 1.69. The minimum atomic E-state index is 0.794. The molecular weight excluding hydrogens is 206 g/mol. The molecule has 0 unspecified atom stereocenters. The summed E-state index contributed by atoms with van der Waals surface area (Å²) in [5.41, 5.74) is 7.56. The number of nitrogen functional groups attached to an aromatic ring is 1. The van der Waals surface area contributed by atoms with Crippen LogP contribution in [0.4, 0.5) is 5.69 Å². The fraction of sp³-hybridized carbons (Fsp3) is 0.333. The molecule has 0 spiro atoms. The van der Waals surface area contributed by atoms with Crippen LogP contribution in [0.15, 0.2) is 18.2 Å². The molecule has 0 saturated heterocycles. The SMILES string of the molecule is CCc1cc(N)ccc1OC.[O]=[Cr]. The van der Waals surface area contributed by atoms with Gasteiger partial charge in [0.15, 0.2) is 0 Å². The van der Waals surface area contributed by atoms with Gasteiger partial charge in [-0.15, -0.1) is 0 Å². The standard InChI is InChI=1S/C9H13NO.Cr.O/c1-3-7-6-8(10)4-5-9(7)11-2;;/h4-6H,3,10H2,1-2H3;;. The first kappa shape index (κ1) is 12.2. The quantitative estimate of drug-likeness (QED) is 0.770. The molecule has 0 aliphatic carbocycles. The van der Waals surface area contributed by atoms with Crippen LogP contribution in [0.1, 0.15) is 12.5 Å². The van der Waals surface area contributed by atoms with Gasteiger partial charge in [0.25, 0.3) is 0 Å². The number of aryl methyl sites for hydroxylation is 1. The monoisotopic (exact) mass is 219 g/mol. The fourth-order valence-electron chi connectivity index (χ4n) is 1.07. The summed E-state index contributed by atoms with van der Waals surface area (Å²) in [6, 6.07) is 5.69. The van der Waals surface area contributed by atoms with E-state index in [1.54, 1.807) is 7.11 Å². The van der Waals surface area contributed by atoms with Gasteiger partial charge in [0, 0.05) is 5.69 Å². The molecule has 72 valence electrons. The molecule has 0 amide bonds. The summed E-state index contributed by atoms with van der Waals surface area (Å²) in [5.74, 6) is 0.918. The normalized spacial score (nSPS) is 8.46. The Bertz CT molecular complexity index is 266. The molecule has 1 rings (SSSR count). The second kappa shape index (κ2) is 6.65. The van der Waals surface area contributed by atoms with Crippen molar-refractivity contribution in [2.45, 2.75) is 13.3 Å². The second-order valence-corrected chi connectivity index (χ2v) is 2.42. The maximum absolute atomic E-state index is 8.12. The molecule has 0 aromatic heterocycles. The average molecular weight is 219 g/mol.